The number of rotatable bonds is 5. The fourth-order valence-electron chi connectivity index (χ4n) is 2.38. The average Bonchev–Trinajstić information content (AvgIpc) is 2.62. The summed E-state index contributed by atoms with van der Waals surface area (Å²) >= 11 is 9.47. The van der Waals surface area contributed by atoms with Gasteiger partial charge in [0.05, 0.1) is 17.1 Å². The van der Waals surface area contributed by atoms with E-state index < -0.39 is 11.9 Å². The van der Waals surface area contributed by atoms with Crippen molar-refractivity contribution < 1.29 is 23.8 Å². The molecule has 0 bridgehead atoms. The van der Waals surface area contributed by atoms with Gasteiger partial charge >= 0.3 is 5.97 Å². The summed E-state index contributed by atoms with van der Waals surface area (Å²) in [6, 6.07) is 10.5. The minimum absolute atomic E-state index is 0.0291. The number of para-hydroxylation sites is 1. The first-order valence-corrected chi connectivity index (χ1v) is 8.98. The zero-order chi connectivity index (χ0) is 18.5. The first-order valence-electron chi connectivity index (χ1n) is 7.81. The molecule has 1 aliphatic rings. The van der Waals surface area contributed by atoms with Gasteiger partial charge in [0.2, 0.25) is 0 Å². The molecule has 0 aromatic heterocycles. The van der Waals surface area contributed by atoms with Crippen LogP contribution in [0.15, 0.2) is 40.9 Å². The lowest BCUT2D eigenvalue weighted by atomic mass is 10.1. The van der Waals surface area contributed by atoms with Crippen LogP contribution in [0.25, 0.3) is 0 Å². The fraction of sp³-hybridized carbons (Fsp3) is 0.222. The normalized spacial score (nSPS) is 12.4. The van der Waals surface area contributed by atoms with Crippen LogP contribution in [0.5, 0.6) is 11.5 Å². The molecule has 0 fully saturated rings. The summed E-state index contributed by atoms with van der Waals surface area (Å²) in [6.07, 6.45) is -0.0291. The third-order valence-electron chi connectivity index (χ3n) is 3.52. The van der Waals surface area contributed by atoms with Crippen molar-refractivity contribution in [3.8, 4) is 11.5 Å². The van der Waals surface area contributed by atoms with Crippen molar-refractivity contribution in [3.05, 3.63) is 51.5 Å². The molecule has 0 spiro atoms. The number of amides is 1. The van der Waals surface area contributed by atoms with Crippen LogP contribution in [0.2, 0.25) is 5.02 Å². The van der Waals surface area contributed by atoms with Gasteiger partial charge in [-0.2, -0.15) is 0 Å². The molecule has 0 unspecified atom stereocenters. The predicted molar refractivity (Wildman–Crippen MR) is 99.9 cm³/mol. The van der Waals surface area contributed by atoms with E-state index in [4.69, 9.17) is 25.8 Å². The Kier molecular flexibility index (Phi) is 6.00. The van der Waals surface area contributed by atoms with Crippen LogP contribution < -0.4 is 14.8 Å². The Hall–Kier alpha value is -2.25. The SMILES string of the molecule is O=C(COC(=O)Cc1cc(Cl)c2c(c1)OCCO2)Nc1ccccc1Br. The monoisotopic (exact) mass is 439 g/mol. The predicted octanol–water partition coefficient (Wildman–Crippen LogP) is 3.60. The van der Waals surface area contributed by atoms with Gasteiger partial charge in [0.15, 0.2) is 18.1 Å². The van der Waals surface area contributed by atoms with Crippen LogP contribution in [0.4, 0.5) is 5.69 Å². The number of esters is 1. The standard InChI is InChI=1S/C18H15BrClNO5/c19-12-3-1-2-4-14(12)21-16(22)10-26-17(23)9-11-7-13(20)18-15(8-11)24-5-6-25-18/h1-4,7-8H,5-6,9-10H2,(H,21,22). The molecule has 0 aliphatic carbocycles. The molecular weight excluding hydrogens is 426 g/mol. The second-order valence-corrected chi connectivity index (χ2v) is 6.73. The van der Waals surface area contributed by atoms with E-state index in [1.807, 2.05) is 6.07 Å². The molecule has 0 radical (unpaired) electrons. The zero-order valence-electron chi connectivity index (χ0n) is 13.6. The van der Waals surface area contributed by atoms with Crippen molar-refractivity contribution in [3.63, 3.8) is 0 Å². The lowest BCUT2D eigenvalue weighted by Gasteiger charge is -2.20. The van der Waals surface area contributed by atoms with E-state index in [0.29, 0.717) is 41.0 Å². The lowest BCUT2D eigenvalue weighted by Crippen LogP contribution is -2.22. The molecule has 6 nitrogen and oxygen atoms in total. The maximum atomic E-state index is 12.0. The van der Waals surface area contributed by atoms with Gasteiger partial charge in [0.1, 0.15) is 13.2 Å². The molecule has 2 aromatic carbocycles. The van der Waals surface area contributed by atoms with Crippen molar-refractivity contribution in [2.24, 2.45) is 0 Å². The van der Waals surface area contributed by atoms with E-state index in [1.54, 1.807) is 30.3 Å². The van der Waals surface area contributed by atoms with Crippen molar-refractivity contribution in [2.45, 2.75) is 6.42 Å². The Morgan fingerprint density at radius 2 is 1.96 bits per heavy atom. The topological polar surface area (TPSA) is 73.9 Å². The van der Waals surface area contributed by atoms with E-state index in [0.717, 1.165) is 4.47 Å². The number of hydrogen-bond acceptors (Lipinski definition) is 5. The molecule has 3 rings (SSSR count). The second kappa shape index (κ2) is 8.42. The molecular formula is C18H15BrClNO5. The highest BCUT2D eigenvalue weighted by atomic mass is 79.9. The van der Waals surface area contributed by atoms with E-state index >= 15 is 0 Å². The van der Waals surface area contributed by atoms with Gasteiger partial charge in [-0.15, -0.1) is 0 Å². The Morgan fingerprint density at radius 1 is 1.19 bits per heavy atom. The minimum Gasteiger partial charge on any atom is -0.486 e. The van der Waals surface area contributed by atoms with Crippen LogP contribution in [0.1, 0.15) is 5.56 Å². The molecule has 0 saturated heterocycles. The van der Waals surface area contributed by atoms with Crippen LogP contribution in [0, 0.1) is 0 Å². The van der Waals surface area contributed by atoms with Crippen molar-refractivity contribution in [1.29, 1.82) is 0 Å². The molecule has 2 aromatic rings. The number of ether oxygens (including phenoxy) is 3. The number of anilines is 1. The van der Waals surface area contributed by atoms with Crippen molar-refractivity contribution in [2.75, 3.05) is 25.1 Å². The summed E-state index contributed by atoms with van der Waals surface area (Å²) in [5, 5.41) is 3.03. The highest BCUT2D eigenvalue weighted by Crippen LogP contribution is 2.38. The minimum atomic E-state index is -0.542. The zero-order valence-corrected chi connectivity index (χ0v) is 15.9. The molecule has 0 atom stereocenters. The first-order chi connectivity index (χ1) is 12.5. The lowest BCUT2D eigenvalue weighted by molar-refractivity contribution is -0.146. The maximum Gasteiger partial charge on any atom is 0.310 e. The van der Waals surface area contributed by atoms with Gasteiger partial charge < -0.3 is 19.5 Å². The number of nitrogens with one attached hydrogen (secondary N) is 1. The summed E-state index contributed by atoms with van der Waals surface area (Å²) in [5.74, 6) is 0.00606. The number of benzene rings is 2. The largest absolute Gasteiger partial charge is 0.486 e. The van der Waals surface area contributed by atoms with Gasteiger partial charge in [-0.25, -0.2) is 0 Å². The summed E-state index contributed by atoms with van der Waals surface area (Å²) in [6.45, 7) is 0.478. The number of hydrogen-bond donors (Lipinski definition) is 1. The Bertz CT molecular complexity index is 842. The third kappa shape index (κ3) is 4.68. The van der Waals surface area contributed by atoms with Crippen molar-refractivity contribution >= 4 is 45.1 Å². The summed E-state index contributed by atoms with van der Waals surface area (Å²) in [5.41, 5.74) is 1.22. The molecule has 1 amide bonds. The molecule has 1 aliphatic heterocycles. The van der Waals surface area contributed by atoms with E-state index in [2.05, 4.69) is 21.2 Å². The molecule has 136 valence electrons. The quantitative estimate of drug-likeness (QED) is 0.719. The molecule has 8 heteroatoms. The Labute approximate surface area is 163 Å². The highest BCUT2D eigenvalue weighted by Gasteiger charge is 2.18. The Morgan fingerprint density at radius 3 is 2.77 bits per heavy atom. The number of halogens is 2. The smallest absolute Gasteiger partial charge is 0.310 e. The molecule has 26 heavy (non-hydrogen) atoms. The summed E-state index contributed by atoms with van der Waals surface area (Å²) in [7, 11) is 0. The van der Waals surface area contributed by atoms with E-state index in [1.165, 1.54) is 0 Å². The molecule has 1 N–H and O–H groups in total. The van der Waals surface area contributed by atoms with E-state index in [9.17, 15) is 9.59 Å². The number of carbonyl (C=O) groups is 2. The van der Waals surface area contributed by atoms with Gasteiger partial charge in [-0.05, 0) is 45.8 Å². The molecule has 0 saturated carbocycles. The van der Waals surface area contributed by atoms with Gasteiger partial charge in [-0.3, -0.25) is 9.59 Å². The van der Waals surface area contributed by atoms with Crippen LogP contribution in [0.3, 0.4) is 0 Å². The van der Waals surface area contributed by atoms with Crippen LogP contribution >= 0.6 is 27.5 Å². The summed E-state index contributed by atoms with van der Waals surface area (Å²) in [4.78, 5) is 23.9. The maximum absolute atomic E-state index is 12.0. The summed E-state index contributed by atoms with van der Waals surface area (Å²) < 4.78 is 16.7. The highest BCUT2D eigenvalue weighted by molar-refractivity contribution is 9.10. The average molecular weight is 441 g/mol. The van der Waals surface area contributed by atoms with Crippen LogP contribution in [-0.2, 0) is 20.7 Å². The van der Waals surface area contributed by atoms with Gasteiger partial charge in [0, 0.05) is 4.47 Å². The number of fused-ring (bicyclic) bond motifs is 1. The third-order valence-corrected chi connectivity index (χ3v) is 4.49. The van der Waals surface area contributed by atoms with Crippen molar-refractivity contribution in [1.82, 2.24) is 0 Å². The molecule has 1 heterocycles. The van der Waals surface area contributed by atoms with Gasteiger partial charge in [0.25, 0.3) is 5.91 Å². The first kappa shape index (κ1) is 18.5. The van der Waals surface area contributed by atoms with Gasteiger partial charge in [-0.1, -0.05) is 23.7 Å². The Balaban J connectivity index is 1.53. The van der Waals surface area contributed by atoms with Crippen LogP contribution in [-0.4, -0.2) is 31.7 Å². The van der Waals surface area contributed by atoms with E-state index in [-0.39, 0.29) is 13.0 Å². The fourth-order valence-corrected chi connectivity index (χ4v) is 3.05. The second-order valence-electron chi connectivity index (χ2n) is 5.47. The number of carbonyl (C=O) groups excluding carboxylic acids is 2.